The molecule has 1 N–H and O–H groups in total. The second-order valence-electron chi connectivity index (χ2n) is 6.62. The molecule has 2 aliphatic heterocycles. The number of anilines is 1. The van der Waals surface area contributed by atoms with E-state index in [1.165, 1.54) is 22.4 Å². The minimum Gasteiger partial charge on any atom is -0.362 e. The van der Waals surface area contributed by atoms with Crippen LogP contribution in [0.15, 0.2) is 48.5 Å². The maximum atomic E-state index is 3.28. The zero-order valence-corrected chi connectivity index (χ0v) is 13.8. The van der Waals surface area contributed by atoms with Crippen molar-refractivity contribution in [3.63, 3.8) is 0 Å². The quantitative estimate of drug-likeness (QED) is 0.940. The molecule has 0 saturated carbocycles. The van der Waals surface area contributed by atoms with Crippen LogP contribution in [0.5, 0.6) is 0 Å². The van der Waals surface area contributed by atoms with Crippen molar-refractivity contribution in [1.82, 2.24) is 10.2 Å². The zero-order chi connectivity index (χ0) is 15.6. The van der Waals surface area contributed by atoms with Gasteiger partial charge in [0.05, 0.1) is 6.04 Å². The Hall–Kier alpha value is -1.84. The second kappa shape index (κ2) is 6.34. The number of nitrogens with zero attached hydrogens (tertiary/aromatic N) is 2. The molecule has 2 heterocycles. The fourth-order valence-corrected chi connectivity index (χ4v) is 4.03. The van der Waals surface area contributed by atoms with Gasteiger partial charge in [0.2, 0.25) is 0 Å². The van der Waals surface area contributed by atoms with Crippen LogP contribution < -0.4 is 10.2 Å². The zero-order valence-electron chi connectivity index (χ0n) is 13.8. The minimum absolute atomic E-state index is 0.473. The number of rotatable bonds is 3. The lowest BCUT2D eigenvalue weighted by molar-refractivity contribution is 0.225. The molecular weight excluding hydrogens is 282 g/mol. The van der Waals surface area contributed by atoms with Gasteiger partial charge in [-0.3, -0.25) is 4.90 Å². The first-order chi connectivity index (χ1) is 11.4. The number of hydrogen-bond acceptors (Lipinski definition) is 3. The molecular formula is C20H25N3. The predicted octanol–water partition coefficient (Wildman–Crippen LogP) is 2.67. The van der Waals surface area contributed by atoms with Crippen molar-refractivity contribution in [3.8, 4) is 0 Å². The molecule has 0 aromatic heterocycles. The van der Waals surface area contributed by atoms with E-state index in [0.717, 1.165) is 39.1 Å². The summed E-state index contributed by atoms with van der Waals surface area (Å²) in [5, 5.41) is 3.28. The van der Waals surface area contributed by atoms with Gasteiger partial charge in [0.25, 0.3) is 0 Å². The van der Waals surface area contributed by atoms with Crippen LogP contribution in [-0.4, -0.2) is 44.7 Å². The van der Waals surface area contributed by atoms with E-state index in [2.05, 4.69) is 63.6 Å². The van der Waals surface area contributed by atoms with Gasteiger partial charge in [0.15, 0.2) is 0 Å². The van der Waals surface area contributed by atoms with Crippen molar-refractivity contribution >= 4 is 5.69 Å². The molecule has 2 aromatic rings. The van der Waals surface area contributed by atoms with Crippen LogP contribution in [0.3, 0.4) is 0 Å². The van der Waals surface area contributed by atoms with Crippen molar-refractivity contribution in [2.75, 3.05) is 44.7 Å². The largest absolute Gasteiger partial charge is 0.362 e. The number of para-hydroxylation sites is 1. The van der Waals surface area contributed by atoms with Gasteiger partial charge in [-0.1, -0.05) is 42.5 Å². The van der Waals surface area contributed by atoms with Crippen LogP contribution in [0.4, 0.5) is 5.69 Å². The van der Waals surface area contributed by atoms with Gasteiger partial charge in [0, 0.05) is 38.4 Å². The van der Waals surface area contributed by atoms with Gasteiger partial charge in [-0.05, 0) is 36.2 Å². The molecule has 0 spiro atoms. The monoisotopic (exact) mass is 307 g/mol. The third-order valence-electron chi connectivity index (χ3n) is 5.24. The number of fused-ring (bicyclic) bond motifs is 5. The van der Waals surface area contributed by atoms with Crippen LogP contribution in [0.2, 0.25) is 0 Å². The third kappa shape index (κ3) is 2.75. The highest BCUT2D eigenvalue weighted by Gasteiger charge is 2.32. The Kier molecular flexibility index (Phi) is 4.06. The summed E-state index contributed by atoms with van der Waals surface area (Å²) >= 11 is 0. The smallest absolute Gasteiger partial charge is 0.0672 e. The number of benzene rings is 2. The van der Waals surface area contributed by atoms with E-state index in [0.29, 0.717) is 6.04 Å². The summed E-state index contributed by atoms with van der Waals surface area (Å²) in [4.78, 5) is 5.24. The highest BCUT2D eigenvalue weighted by Crippen LogP contribution is 2.38. The molecule has 3 heteroatoms. The molecule has 0 bridgehead atoms. The molecule has 0 aliphatic carbocycles. The average Bonchev–Trinajstić information content (AvgIpc) is 2.74. The van der Waals surface area contributed by atoms with Crippen molar-refractivity contribution in [2.24, 2.45) is 0 Å². The van der Waals surface area contributed by atoms with Crippen molar-refractivity contribution in [3.05, 3.63) is 65.2 Å². The summed E-state index contributed by atoms with van der Waals surface area (Å²) in [5.74, 6) is 0. The first-order valence-electron chi connectivity index (χ1n) is 8.66. The van der Waals surface area contributed by atoms with Crippen LogP contribution >= 0.6 is 0 Å². The molecule has 120 valence electrons. The fraction of sp³-hybridized carbons (Fsp3) is 0.400. The summed E-state index contributed by atoms with van der Waals surface area (Å²) in [6, 6.07) is 18.4. The topological polar surface area (TPSA) is 18.5 Å². The van der Waals surface area contributed by atoms with Gasteiger partial charge >= 0.3 is 0 Å². The van der Waals surface area contributed by atoms with E-state index < -0.39 is 0 Å². The van der Waals surface area contributed by atoms with Crippen LogP contribution in [0.1, 0.15) is 22.7 Å². The normalized spacial score (nSPS) is 20.4. The number of likely N-dealkylation sites (N-methyl/N-ethyl adjacent to an activating group) is 1. The molecule has 2 aromatic carbocycles. The number of piperazine rings is 1. The Morgan fingerprint density at radius 2 is 1.78 bits per heavy atom. The SMILES string of the molecule is CNCCN1CCN2c3ccccc3Cc3ccccc3[C@@H]2C1. The molecule has 4 rings (SSSR count). The van der Waals surface area contributed by atoms with E-state index in [9.17, 15) is 0 Å². The van der Waals surface area contributed by atoms with E-state index >= 15 is 0 Å². The maximum absolute atomic E-state index is 3.28. The standard InChI is InChI=1S/C20H25N3/c1-21-10-11-22-12-13-23-19-9-5-3-7-17(19)14-16-6-2-4-8-18(16)20(23)15-22/h2-9,20-21H,10-15H2,1H3/t20-/m0/s1. The van der Waals surface area contributed by atoms with E-state index in [1.54, 1.807) is 0 Å². The first-order valence-corrected chi connectivity index (χ1v) is 8.66. The summed E-state index contributed by atoms with van der Waals surface area (Å²) in [7, 11) is 2.04. The molecule has 1 saturated heterocycles. The van der Waals surface area contributed by atoms with E-state index in [-0.39, 0.29) is 0 Å². The Morgan fingerprint density at radius 1 is 1.00 bits per heavy atom. The van der Waals surface area contributed by atoms with Gasteiger partial charge < -0.3 is 10.2 Å². The van der Waals surface area contributed by atoms with Crippen molar-refractivity contribution in [1.29, 1.82) is 0 Å². The second-order valence-corrected chi connectivity index (χ2v) is 6.62. The fourth-order valence-electron chi connectivity index (χ4n) is 4.03. The molecule has 23 heavy (non-hydrogen) atoms. The molecule has 2 aliphatic rings. The van der Waals surface area contributed by atoms with Gasteiger partial charge in [-0.15, -0.1) is 0 Å². The highest BCUT2D eigenvalue weighted by atomic mass is 15.3. The van der Waals surface area contributed by atoms with E-state index in [1.807, 2.05) is 7.05 Å². The molecule has 1 atom stereocenters. The predicted molar refractivity (Wildman–Crippen MR) is 96.1 cm³/mol. The van der Waals surface area contributed by atoms with E-state index in [4.69, 9.17) is 0 Å². The van der Waals surface area contributed by atoms with Crippen LogP contribution in [-0.2, 0) is 6.42 Å². The lowest BCUT2D eigenvalue weighted by Crippen LogP contribution is -2.49. The molecule has 3 nitrogen and oxygen atoms in total. The number of hydrogen-bond donors (Lipinski definition) is 1. The summed E-state index contributed by atoms with van der Waals surface area (Å²) in [6.07, 6.45) is 1.05. The molecule has 1 fully saturated rings. The summed E-state index contributed by atoms with van der Waals surface area (Å²) in [5.41, 5.74) is 5.90. The first kappa shape index (κ1) is 14.7. The Bertz CT molecular complexity index is 682. The van der Waals surface area contributed by atoms with Gasteiger partial charge in [0.1, 0.15) is 0 Å². The maximum Gasteiger partial charge on any atom is 0.0672 e. The Labute approximate surface area is 138 Å². The lowest BCUT2D eigenvalue weighted by atomic mass is 9.96. The van der Waals surface area contributed by atoms with Gasteiger partial charge in [-0.2, -0.15) is 0 Å². The molecule has 0 amide bonds. The summed E-state index contributed by atoms with van der Waals surface area (Å²) in [6.45, 7) is 5.57. The number of nitrogens with one attached hydrogen (secondary N) is 1. The van der Waals surface area contributed by atoms with Crippen LogP contribution in [0.25, 0.3) is 0 Å². The lowest BCUT2D eigenvalue weighted by Gasteiger charge is -2.43. The highest BCUT2D eigenvalue weighted by molar-refractivity contribution is 5.60. The summed E-state index contributed by atoms with van der Waals surface area (Å²) < 4.78 is 0. The van der Waals surface area contributed by atoms with Gasteiger partial charge in [-0.25, -0.2) is 0 Å². The van der Waals surface area contributed by atoms with Crippen molar-refractivity contribution < 1.29 is 0 Å². The minimum atomic E-state index is 0.473. The Balaban J connectivity index is 1.73. The van der Waals surface area contributed by atoms with Crippen LogP contribution in [0, 0.1) is 0 Å². The average molecular weight is 307 g/mol. The third-order valence-corrected chi connectivity index (χ3v) is 5.24. The molecule has 0 radical (unpaired) electrons. The van der Waals surface area contributed by atoms with Crippen molar-refractivity contribution in [2.45, 2.75) is 12.5 Å². The Morgan fingerprint density at radius 3 is 2.65 bits per heavy atom. The molecule has 0 unspecified atom stereocenters.